The van der Waals surface area contributed by atoms with Crippen molar-refractivity contribution >= 4 is 0 Å². The van der Waals surface area contributed by atoms with E-state index < -0.39 is 0 Å². The Bertz CT molecular complexity index is 391. The lowest BCUT2D eigenvalue weighted by molar-refractivity contribution is 0.107. The highest BCUT2D eigenvalue weighted by atomic mass is 16.5. The third kappa shape index (κ3) is 5.93. The van der Waals surface area contributed by atoms with Crippen LogP contribution in [0.2, 0.25) is 0 Å². The number of nitrogens with one attached hydrogen (secondary N) is 1. The number of ether oxygens (including phenoxy) is 2. The highest BCUT2D eigenvalue weighted by Gasteiger charge is 2.10. The second-order valence-electron chi connectivity index (χ2n) is 5.74. The average molecular weight is 279 g/mol. The van der Waals surface area contributed by atoms with Gasteiger partial charge in [0.25, 0.3) is 0 Å². The Labute approximate surface area is 123 Å². The fraction of sp³-hybridized carbons (Fsp3) is 0.647. The van der Waals surface area contributed by atoms with Crippen LogP contribution in [0.5, 0.6) is 5.75 Å². The Morgan fingerprint density at radius 2 is 1.95 bits per heavy atom. The summed E-state index contributed by atoms with van der Waals surface area (Å²) < 4.78 is 11.0. The van der Waals surface area contributed by atoms with Crippen LogP contribution >= 0.6 is 0 Å². The van der Waals surface area contributed by atoms with Crippen LogP contribution in [0.15, 0.2) is 18.2 Å². The molecule has 0 heterocycles. The van der Waals surface area contributed by atoms with Gasteiger partial charge in [0.1, 0.15) is 5.75 Å². The van der Waals surface area contributed by atoms with E-state index in [1.165, 1.54) is 11.1 Å². The first-order valence-corrected chi connectivity index (χ1v) is 7.50. The van der Waals surface area contributed by atoms with Crippen LogP contribution in [0.4, 0.5) is 0 Å². The van der Waals surface area contributed by atoms with E-state index in [0.717, 1.165) is 31.9 Å². The fourth-order valence-electron chi connectivity index (χ4n) is 2.11. The quantitative estimate of drug-likeness (QED) is 0.699. The largest absolute Gasteiger partial charge is 0.496 e. The molecule has 0 amide bonds. The SMILES string of the molecule is COc1ccc(C)cc1C(C)NCCCOCC(C)C. The number of aryl methyl sites for hydroxylation is 1. The Kier molecular flexibility index (Phi) is 7.63. The number of hydrogen-bond donors (Lipinski definition) is 1. The van der Waals surface area contributed by atoms with Crippen molar-refractivity contribution in [2.75, 3.05) is 26.9 Å². The van der Waals surface area contributed by atoms with Crippen molar-refractivity contribution in [2.45, 2.75) is 40.2 Å². The monoisotopic (exact) mass is 279 g/mol. The summed E-state index contributed by atoms with van der Waals surface area (Å²) in [5, 5.41) is 3.53. The third-order valence-corrected chi connectivity index (χ3v) is 3.22. The molecule has 1 aromatic rings. The lowest BCUT2D eigenvalue weighted by atomic mass is 10.0. The van der Waals surface area contributed by atoms with Crippen LogP contribution in [-0.2, 0) is 4.74 Å². The van der Waals surface area contributed by atoms with Gasteiger partial charge in [-0.25, -0.2) is 0 Å². The Morgan fingerprint density at radius 1 is 1.20 bits per heavy atom. The standard InChI is InChI=1S/C17H29NO2/c1-13(2)12-20-10-6-9-18-15(4)16-11-14(3)7-8-17(16)19-5/h7-8,11,13,15,18H,6,9-10,12H2,1-5H3. The topological polar surface area (TPSA) is 30.5 Å². The summed E-state index contributed by atoms with van der Waals surface area (Å²) in [6.07, 6.45) is 1.03. The number of rotatable bonds is 9. The van der Waals surface area contributed by atoms with Gasteiger partial charge in [0.15, 0.2) is 0 Å². The molecule has 1 atom stereocenters. The Morgan fingerprint density at radius 3 is 2.60 bits per heavy atom. The molecular weight excluding hydrogens is 250 g/mol. The van der Waals surface area contributed by atoms with Gasteiger partial charge in [-0.15, -0.1) is 0 Å². The summed E-state index contributed by atoms with van der Waals surface area (Å²) in [6.45, 7) is 11.2. The maximum absolute atomic E-state index is 5.58. The molecule has 20 heavy (non-hydrogen) atoms. The van der Waals surface area contributed by atoms with Gasteiger partial charge in [0.2, 0.25) is 0 Å². The third-order valence-electron chi connectivity index (χ3n) is 3.22. The lowest BCUT2D eigenvalue weighted by Gasteiger charge is -2.18. The summed E-state index contributed by atoms with van der Waals surface area (Å²) in [5.41, 5.74) is 2.48. The molecule has 0 saturated heterocycles. The van der Waals surface area contributed by atoms with E-state index in [9.17, 15) is 0 Å². The lowest BCUT2D eigenvalue weighted by Crippen LogP contribution is -2.21. The molecule has 1 N–H and O–H groups in total. The van der Waals surface area contributed by atoms with Crippen molar-refractivity contribution in [1.29, 1.82) is 0 Å². The van der Waals surface area contributed by atoms with Gasteiger partial charge >= 0.3 is 0 Å². The van der Waals surface area contributed by atoms with Gasteiger partial charge < -0.3 is 14.8 Å². The van der Waals surface area contributed by atoms with Crippen molar-refractivity contribution in [3.63, 3.8) is 0 Å². The van der Waals surface area contributed by atoms with Crippen molar-refractivity contribution in [2.24, 2.45) is 5.92 Å². The van der Waals surface area contributed by atoms with E-state index in [1.807, 2.05) is 6.07 Å². The number of hydrogen-bond acceptors (Lipinski definition) is 3. The fourth-order valence-corrected chi connectivity index (χ4v) is 2.11. The molecule has 1 unspecified atom stereocenters. The highest BCUT2D eigenvalue weighted by Crippen LogP contribution is 2.25. The van der Waals surface area contributed by atoms with E-state index in [2.05, 4.69) is 45.1 Å². The van der Waals surface area contributed by atoms with Crippen molar-refractivity contribution in [3.05, 3.63) is 29.3 Å². The van der Waals surface area contributed by atoms with Gasteiger partial charge in [0.05, 0.1) is 7.11 Å². The maximum atomic E-state index is 5.58. The molecule has 0 aliphatic rings. The predicted molar refractivity (Wildman–Crippen MR) is 84.4 cm³/mol. The summed E-state index contributed by atoms with van der Waals surface area (Å²) in [5.74, 6) is 1.56. The molecule has 3 heteroatoms. The first-order valence-electron chi connectivity index (χ1n) is 7.50. The first-order chi connectivity index (χ1) is 9.54. The van der Waals surface area contributed by atoms with Gasteiger partial charge in [-0.1, -0.05) is 31.5 Å². The van der Waals surface area contributed by atoms with Crippen LogP contribution < -0.4 is 10.1 Å². The highest BCUT2D eigenvalue weighted by molar-refractivity contribution is 5.38. The Hall–Kier alpha value is -1.06. The predicted octanol–water partition coefficient (Wildman–Crippen LogP) is 3.72. The molecule has 1 rings (SSSR count). The normalized spacial score (nSPS) is 12.7. The molecule has 0 saturated carbocycles. The van der Waals surface area contributed by atoms with Crippen LogP contribution in [0, 0.1) is 12.8 Å². The minimum atomic E-state index is 0.287. The molecule has 0 bridgehead atoms. The summed E-state index contributed by atoms with van der Waals surface area (Å²) in [4.78, 5) is 0. The maximum Gasteiger partial charge on any atom is 0.123 e. The minimum Gasteiger partial charge on any atom is -0.496 e. The summed E-state index contributed by atoms with van der Waals surface area (Å²) in [6, 6.07) is 6.59. The smallest absolute Gasteiger partial charge is 0.123 e. The molecule has 3 nitrogen and oxygen atoms in total. The zero-order valence-electron chi connectivity index (χ0n) is 13.5. The molecule has 0 spiro atoms. The van der Waals surface area contributed by atoms with Crippen LogP contribution in [0.3, 0.4) is 0 Å². The van der Waals surface area contributed by atoms with Gasteiger partial charge in [-0.05, 0) is 38.8 Å². The van der Waals surface area contributed by atoms with Gasteiger partial charge in [-0.2, -0.15) is 0 Å². The van der Waals surface area contributed by atoms with E-state index in [0.29, 0.717) is 5.92 Å². The minimum absolute atomic E-state index is 0.287. The molecule has 0 aliphatic heterocycles. The van der Waals surface area contributed by atoms with Crippen LogP contribution in [0.25, 0.3) is 0 Å². The van der Waals surface area contributed by atoms with Crippen molar-refractivity contribution in [1.82, 2.24) is 5.32 Å². The van der Waals surface area contributed by atoms with Gasteiger partial charge in [0, 0.05) is 24.8 Å². The zero-order chi connectivity index (χ0) is 15.0. The van der Waals surface area contributed by atoms with E-state index >= 15 is 0 Å². The average Bonchev–Trinajstić information content (AvgIpc) is 2.42. The molecule has 0 fully saturated rings. The molecule has 1 aromatic carbocycles. The molecule has 0 radical (unpaired) electrons. The van der Waals surface area contributed by atoms with E-state index in [1.54, 1.807) is 7.11 Å². The zero-order valence-corrected chi connectivity index (χ0v) is 13.5. The van der Waals surface area contributed by atoms with Crippen LogP contribution in [-0.4, -0.2) is 26.9 Å². The number of methoxy groups -OCH3 is 1. The number of benzene rings is 1. The summed E-state index contributed by atoms with van der Waals surface area (Å²) in [7, 11) is 1.72. The molecular formula is C17H29NO2. The van der Waals surface area contributed by atoms with E-state index in [-0.39, 0.29) is 6.04 Å². The van der Waals surface area contributed by atoms with Gasteiger partial charge in [-0.3, -0.25) is 0 Å². The van der Waals surface area contributed by atoms with Crippen LogP contribution in [0.1, 0.15) is 44.4 Å². The first kappa shape index (κ1) is 17.0. The second-order valence-corrected chi connectivity index (χ2v) is 5.74. The Balaban J connectivity index is 2.35. The molecule has 0 aliphatic carbocycles. The summed E-state index contributed by atoms with van der Waals surface area (Å²) >= 11 is 0. The van der Waals surface area contributed by atoms with E-state index in [4.69, 9.17) is 9.47 Å². The second kappa shape index (κ2) is 8.98. The molecule has 114 valence electrons. The molecule has 0 aromatic heterocycles. The van der Waals surface area contributed by atoms with Crippen molar-refractivity contribution < 1.29 is 9.47 Å². The van der Waals surface area contributed by atoms with Crippen molar-refractivity contribution in [3.8, 4) is 5.75 Å².